The lowest BCUT2D eigenvalue weighted by Crippen LogP contribution is -2.56. The van der Waals surface area contributed by atoms with Crippen LogP contribution in [-0.4, -0.2) is 94.3 Å². The van der Waals surface area contributed by atoms with Gasteiger partial charge in [-0.05, 0) is 67.8 Å². The zero-order valence-corrected chi connectivity index (χ0v) is 24.3. The van der Waals surface area contributed by atoms with Gasteiger partial charge in [0.2, 0.25) is 5.95 Å². The number of piperidine rings is 1. The van der Waals surface area contributed by atoms with Crippen LogP contribution in [0.15, 0.2) is 54.7 Å². The molecular formula is C32H34F2N6O4. The smallest absolute Gasteiger partial charge is 0.301 e. The third-order valence-corrected chi connectivity index (χ3v) is 8.52. The first-order valence-corrected chi connectivity index (χ1v) is 14.8. The molecule has 0 aliphatic carbocycles. The molecule has 0 saturated carbocycles. The predicted molar refractivity (Wildman–Crippen MR) is 158 cm³/mol. The van der Waals surface area contributed by atoms with Crippen molar-refractivity contribution in [2.75, 3.05) is 44.7 Å². The molecular weight excluding hydrogens is 570 g/mol. The van der Waals surface area contributed by atoms with Crippen molar-refractivity contribution in [3.05, 3.63) is 65.9 Å². The maximum absolute atomic E-state index is 14.9. The second kappa shape index (κ2) is 12.4. The minimum absolute atomic E-state index is 0.0127. The minimum atomic E-state index is -3.36. The number of ether oxygens (including phenoxy) is 2. The van der Waals surface area contributed by atoms with E-state index in [4.69, 9.17) is 9.47 Å². The first kappa shape index (κ1) is 29.9. The van der Waals surface area contributed by atoms with E-state index in [1.165, 1.54) is 18.6 Å². The second-order valence-corrected chi connectivity index (χ2v) is 11.6. The van der Waals surface area contributed by atoms with E-state index in [-0.39, 0.29) is 24.3 Å². The summed E-state index contributed by atoms with van der Waals surface area (Å²) in [6, 6.07) is 17.3. The normalized spacial score (nSPS) is 22.6. The van der Waals surface area contributed by atoms with E-state index >= 15 is 0 Å². The van der Waals surface area contributed by atoms with E-state index in [9.17, 15) is 23.9 Å². The number of rotatable bonds is 8. The summed E-state index contributed by atoms with van der Waals surface area (Å²) < 4.78 is 40.7. The molecule has 44 heavy (non-hydrogen) atoms. The molecule has 0 bridgehead atoms. The lowest BCUT2D eigenvalue weighted by Gasteiger charge is -2.38. The van der Waals surface area contributed by atoms with Crippen molar-refractivity contribution in [3.8, 4) is 23.1 Å². The zero-order valence-electron chi connectivity index (χ0n) is 24.3. The molecule has 3 aliphatic heterocycles. The lowest BCUT2D eigenvalue weighted by atomic mass is 9.98. The van der Waals surface area contributed by atoms with Gasteiger partial charge in [-0.3, -0.25) is 9.69 Å². The SMILES string of the molecule is C[C@H](O)C(=O)N1CCC(Oc2ccc(-c3ccnc(Nc4ccc(C5CCN(C6COC6)C5)cc4)n3)cc2C#N)C(F)(F)C1. The summed E-state index contributed by atoms with van der Waals surface area (Å²) in [4.78, 5) is 24.4. The molecule has 3 atom stereocenters. The molecule has 1 aromatic heterocycles. The zero-order chi connectivity index (χ0) is 30.8. The number of benzene rings is 2. The first-order chi connectivity index (χ1) is 21.2. The van der Waals surface area contributed by atoms with Crippen molar-refractivity contribution < 1.29 is 28.2 Å². The highest BCUT2D eigenvalue weighted by atomic mass is 19.3. The highest BCUT2D eigenvalue weighted by Crippen LogP contribution is 2.34. The highest BCUT2D eigenvalue weighted by Gasteiger charge is 2.48. The molecule has 1 amide bonds. The van der Waals surface area contributed by atoms with Gasteiger partial charge in [0.05, 0.1) is 37.1 Å². The van der Waals surface area contributed by atoms with Crippen LogP contribution in [0.2, 0.25) is 0 Å². The van der Waals surface area contributed by atoms with Gasteiger partial charge in [0.25, 0.3) is 5.91 Å². The van der Waals surface area contributed by atoms with E-state index in [0.29, 0.717) is 29.2 Å². The Kier molecular flexibility index (Phi) is 8.44. The van der Waals surface area contributed by atoms with E-state index in [0.717, 1.165) is 43.3 Å². The molecule has 10 nitrogen and oxygen atoms in total. The van der Waals surface area contributed by atoms with Crippen LogP contribution in [0.4, 0.5) is 20.4 Å². The number of nitriles is 1. The molecule has 12 heteroatoms. The topological polar surface area (TPSA) is 124 Å². The van der Waals surface area contributed by atoms with Crippen LogP contribution < -0.4 is 10.1 Å². The molecule has 4 heterocycles. The Labute approximate surface area is 254 Å². The van der Waals surface area contributed by atoms with Crippen molar-refractivity contribution in [2.24, 2.45) is 0 Å². The number of hydrogen-bond donors (Lipinski definition) is 2. The van der Waals surface area contributed by atoms with Gasteiger partial charge in [-0.15, -0.1) is 0 Å². The number of nitrogens with one attached hydrogen (secondary N) is 1. The van der Waals surface area contributed by atoms with E-state index in [2.05, 4.69) is 32.3 Å². The molecule has 2 N–H and O–H groups in total. The number of carbonyl (C=O) groups excluding carboxylic acids is 1. The fourth-order valence-corrected chi connectivity index (χ4v) is 5.92. The summed E-state index contributed by atoms with van der Waals surface area (Å²) in [5.74, 6) is -3.21. The van der Waals surface area contributed by atoms with Crippen molar-refractivity contribution in [3.63, 3.8) is 0 Å². The standard InChI is InChI=1S/C32H34F2N6O4/c1-20(41)30(42)40-13-10-29(32(33,34)19-40)44-28-7-4-22(14-24(28)15-35)27-8-11-36-31(38-27)37-25-5-2-21(3-6-25)23-9-12-39(16-23)26-17-43-18-26/h2-8,11,14,20,23,26,29,41H,9-10,12-13,16-19H2,1H3,(H,36,37,38)/t20-,23?,29?/m0/s1. The number of halogens is 2. The number of anilines is 2. The van der Waals surface area contributed by atoms with Gasteiger partial charge in [0.15, 0.2) is 6.10 Å². The van der Waals surface area contributed by atoms with Gasteiger partial charge in [-0.2, -0.15) is 5.26 Å². The van der Waals surface area contributed by atoms with Crippen molar-refractivity contribution in [1.29, 1.82) is 5.26 Å². The number of aliphatic hydroxyl groups is 1. The lowest BCUT2D eigenvalue weighted by molar-refractivity contribution is -0.165. The Balaban J connectivity index is 1.10. The average Bonchev–Trinajstić information content (AvgIpc) is 3.46. The van der Waals surface area contributed by atoms with Crippen molar-refractivity contribution >= 4 is 17.5 Å². The molecule has 2 unspecified atom stereocenters. The highest BCUT2D eigenvalue weighted by molar-refractivity contribution is 5.80. The number of aromatic nitrogens is 2. The summed E-state index contributed by atoms with van der Waals surface area (Å²) >= 11 is 0. The summed E-state index contributed by atoms with van der Waals surface area (Å²) in [6.07, 6.45) is -0.287. The van der Waals surface area contributed by atoms with Gasteiger partial charge in [0, 0.05) is 37.0 Å². The summed E-state index contributed by atoms with van der Waals surface area (Å²) in [5, 5.41) is 22.5. The fourth-order valence-electron chi connectivity index (χ4n) is 5.92. The summed E-state index contributed by atoms with van der Waals surface area (Å²) in [7, 11) is 0. The largest absolute Gasteiger partial charge is 0.483 e. The molecule has 3 aromatic rings. The van der Waals surface area contributed by atoms with Gasteiger partial charge >= 0.3 is 5.92 Å². The van der Waals surface area contributed by atoms with E-state index < -0.39 is 30.6 Å². The molecule has 230 valence electrons. The van der Waals surface area contributed by atoms with Crippen molar-refractivity contribution in [2.45, 2.75) is 49.9 Å². The van der Waals surface area contributed by atoms with Crippen LogP contribution in [0.3, 0.4) is 0 Å². The third kappa shape index (κ3) is 6.36. The molecule has 0 spiro atoms. The summed E-state index contributed by atoms with van der Waals surface area (Å²) in [5.41, 5.74) is 3.37. The number of nitrogens with zero attached hydrogens (tertiary/aromatic N) is 5. The fraction of sp³-hybridized carbons (Fsp3) is 0.438. The Bertz CT molecular complexity index is 1540. The van der Waals surface area contributed by atoms with Crippen LogP contribution in [0.25, 0.3) is 11.3 Å². The van der Waals surface area contributed by atoms with Gasteiger partial charge in [-0.25, -0.2) is 18.7 Å². The molecule has 2 aromatic carbocycles. The molecule has 6 rings (SSSR count). The number of amides is 1. The number of likely N-dealkylation sites (tertiary alicyclic amines) is 2. The number of carbonyl (C=O) groups is 1. The van der Waals surface area contributed by atoms with Gasteiger partial charge < -0.3 is 24.8 Å². The summed E-state index contributed by atoms with van der Waals surface area (Å²) in [6.45, 7) is 4.20. The van der Waals surface area contributed by atoms with Crippen LogP contribution in [0.5, 0.6) is 5.75 Å². The molecule has 3 saturated heterocycles. The number of alkyl halides is 2. The number of aliphatic hydroxyl groups excluding tert-OH is 1. The Hall–Kier alpha value is -4.18. The number of hydrogen-bond acceptors (Lipinski definition) is 9. The Morgan fingerprint density at radius 1 is 1.18 bits per heavy atom. The van der Waals surface area contributed by atoms with Gasteiger partial charge in [0.1, 0.15) is 17.9 Å². The third-order valence-electron chi connectivity index (χ3n) is 8.52. The van der Waals surface area contributed by atoms with E-state index in [1.54, 1.807) is 24.4 Å². The maximum atomic E-state index is 14.9. The monoisotopic (exact) mass is 604 g/mol. The molecule has 0 radical (unpaired) electrons. The van der Waals surface area contributed by atoms with Crippen LogP contribution in [0.1, 0.15) is 36.8 Å². The molecule has 3 fully saturated rings. The Morgan fingerprint density at radius 2 is 1.98 bits per heavy atom. The van der Waals surface area contributed by atoms with Crippen LogP contribution in [0, 0.1) is 11.3 Å². The van der Waals surface area contributed by atoms with Crippen LogP contribution >= 0.6 is 0 Å². The van der Waals surface area contributed by atoms with Crippen LogP contribution in [-0.2, 0) is 9.53 Å². The first-order valence-electron chi connectivity index (χ1n) is 14.8. The average molecular weight is 605 g/mol. The Morgan fingerprint density at radius 3 is 2.66 bits per heavy atom. The quantitative estimate of drug-likeness (QED) is 0.394. The second-order valence-electron chi connectivity index (χ2n) is 11.6. The predicted octanol–water partition coefficient (Wildman–Crippen LogP) is 3.94. The maximum Gasteiger partial charge on any atom is 0.301 e. The minimum Gasteiger partial charge on any atom is -0.483 e. The van der Waals surface area contributed by atoms with Crippen molar-refractivity contribution in [1.82, 2.24) is 19.8 Å². The van der Waals surface area contributed by atoms with Gasteiger partial charge in [-0.1, -0.05) is 12.1 Å². The molecule has 3 aliphatic rings. The van der Waals surface area contributed by atoms with E-state index in [1.807, 2.05) is 18.2 Å².